The maximum absolute atomic E-state index is 11.8. The first kappa shape index (κ1) is 28.4. The average Bonchev–Trinajstić information content (AvgIpc) is 2.74. The van der Waals surface area contributed by atoms with Crippen molar-refractivity contribution >= 4 is 11.9 Å². The van der Waals surface area contributed by atoms with Crippen molar-refractivity contribution < 1.29 is 24.2 Å². The van der Waals surface area contributed by atoms with E-state index in [2.05, 4.69) is 13.8 Å². The zero-order valence-electron chi connectivity index (χ0n) is 19.3. The van der Waals surface area contributed by atoms with E-state index in [9.17, 15) is 14.7 Å². The number of ether oxygens (including phenoxy) is 2. The molecule has 0 aliphatic heterocycles. The first-order valence-electron chi connectivity index (χ1n) is 11.9. The molecule has 0 saturated carbocycles. The van der Waals surface area contributed by atoms with Crippen molar-refractivity contribution in [3.05, 3.63) is 24.3 Å². The molecule has 5 heteroatoms. The van der Waals surface area contributed by atoms with E-state index in [0.29, 0.717) is 0 Å². The molecule has 0 amide bonds. The predicted octanol–water partition coefficient (Wildman–Crippen LogP) is 6.05. The van der Waals surface area contributed by atoms with Gasteiger partial charge in [-0.25, -0.2) is 9.59 Å². The molecular weight excluding hydrogens is 380 g/mol. The van der Waals surface area contributed by atoms with Crippen LogP contribution in [0.25, 0.3) is 0 Å². The molecule has 1 N–H and O–H groups in total. The van der Waals surface area contributed by atoms with Gasteiger partial charge in [-0.15, -0.1) is 0 Å². The Morgan fingerprint density at radius 3 is 1.70 bits per heavy atom. The molecule has 0 aromatic carbocycles. The van der Waals surface area contributed by atoms with E-state index in [1.807, 2.05) is 6.08 Å². The summed E-state index contributed by atoms with van der Waals surface area (Å²) in [5, 5.41) is 9.32. The highest BCUT2D eigenvalue weighted by molar-refractivity contribution is 5.82. The van der Waals surface area contributed by atoms with Crippen molar-refractivity contribution in [3.8, 4) is 0 Å². The molecule has 0 radical (unpaired) electrons. The van der Waals surface area contributed by atoms with Crippen LogP contribution in [0.3, 0.4) is 0 Å². The lowest BCUT2D eigenvalue weighted by molar-refractivity contribution is -0.155. The summed E-state index contributed by atoms with van der Waals surface area (Å²) >= 11 is 0. The normalized spacial score (nSPS) is 12.5. The molecule has 0 saturated heterocycles. The Bertz CT molecular complexity index is 470. The first-order valence-corrected chi connectivity index (χ1v) is 11.9. The van der Waals surface area contributed by atoms with Crippen LogP contribution in [0, 0.1) is 0 Å². The lowest BCUT2D eigenvalue weighted by Crippen LogP contribution is -2.27. The monoisotopic (exact) mass is 424 g/mol. The second-order valence-corrected chi connectivity index (χ2v) is 7.79. The van der Waals surface area contributed by atoms with Gasteiger partial charge in [0, 0.05) is 12.2 Å². The van der Waals surface area contributed by atoms with Gasteiger partial charge in [0.2, 0.25) is 0 Å². The van der Waals surface area contributed by atoms with Gasteiger partial charge in [-0.05, 0) is 25.7 Å². The van der Waals surface area contributed by atoms with Gasteiger partial charge >= 0.3 is 11.9 Å². The molecule has 0 heterocycles. The zero-order valence-corrected chi connectivity index (χ0v) is 19.3. The van der Waals surface area contributed by atoms with Crippen LogP contribution in [-0.4, -0.2) is 36.4 Å². The number of rotatable bonds is 20. The molecule has 0 aliphatic carbocycles. The van der Waals surface area contributed by atoms with Crippen LogP contribution in [0.1, 0.15) is 104 Å². The Balaban J connectivity index is 3.84. The van der Waals surface area contributed by atoms with Crippen LogP contribution in [0.2, 0.25) is 0 Å². The van der Waals surface area contributed by atoms with Gasteiger partial charge < -0.3 is 14.6 Å². The Labute approximate surface area is 183 Å². The van der Waals surface area contributed by atoms with Crippen molar-refractivity contribution in [2.24, 2.45) is 0 Å². The smallest absolute Gasteiger partial charge is 0.330 e. The van der Waals surface area contributed by atoms with Crippen LogP contribution >= 0.6 is 0 Å². The SMILES string of the molecule is CCCCCCCCC=CC(=O)OCC(CO)OC(=O)C=CCCCCCCCC. The molecule has 174 valence electrons. The number of carbonyl (C=O) groups excluding carboxylic acids is 2. The van der Waals surface area contributed by atoms with Crippen molar-refractivity contribution in [1.82, 2.24) is 0 Å². The number of aliphatic hydroxyl groups is 1. The second kappa shape index (κ2) is 22.1. The Hall–Kier alpha value is -1.62. The molecule has 30 heavy (non-hydrogen) atoms. The largest absolute Gasteiger partial charge is 0.458 e. The van der Waals surface area contributed by atoms with Gasteiger partial charge in [-0.1, -0.05) is 90.2 Å². The number of esters is 2. The van der Waals surface area contributed by atoms with E-state index in [0.717, 1.165) is 25.7 Å². The topological polar surface area (TPSA) is 72.8 Å². The van der Waals surface area contributed by atoms with Gasteiger partial charge in [-0.2, -0.15) is 0 Å². The summed E-state index contributed by atoms with van der Waals surface area (Å²) in [5.41, 5.74) is 0. The Morgan fingerprint density at radius 2 is 1.20 bits per heavy atom. The molecule has 0 spiro atoms. The standard InChI is InChI=1S/C25H44O5/c1-3-5-7-9-11-13-15-17-19-24(27)29-22-23(21-26)30-25(28)20-18-16-14-12-10-8-6-4-2/h17-20,23,26H,3-16,21-22H2,1-2H3. The molecule has 0 aromatic heterocycles. The van der Waals surface area contributed by atoms with Crippen LogP contribution in [-0.2, 0) is 19.1 Å². The second-order valence-electron chi connectivity index (χ2n) is 7.79. The number of hydrogen-bond donors (Lipinski definition) is 1. The summed E-state index contributed by atoms with van der Waals surface area (Å²) < 4.78 is 10.2. The van der Waals surface area contributed by atoms with E-state index in [4.69, 9.17) is 9.47 Å². The fourth-order valence-electron chi connectivity index (χ4n) is 2.99. The van der Waals surface area contributed by atoms with Crippen molar-refractivity contribution in [1.29, 1.82) is 0 Å². The zero-order chi connectivity index (χ0) is 22.3. The Morgan fingerprint density at radius 1 is 0.733 bits per heavy atom. The van der Waals surface area contributed by atoms with Crippen LogP contribution in [0.5, 0.6) is 0 Å². The van der Waals surface area contributed by atoms with Crippen LogP contribution < -0.4 is 0 Å². The lowest BCUT2D eigenvalue weighted by Gasteiger charge is -2.13. The summed E-state index contributed by atoms with van der Waals surface area (Å²) in [6.07, 6.45) is 21.8. The van der Waals surface area contributed by atoms with E-state index in [1.165, 1.54) is 76.4 Å². The van der Waals surface area contributed by atoms with E-state index < -0.39 is 18.0 Å². The molecule has 0 fully saturated rings. The molecule has 1 unspecified atom stereocenters. The minimum absolute atomic E-state index is 0.145. The number of carbonyl (C=O) groups is 2. The summed E-state index contributed by atoms with van der Waals surface area (Å²) in [7, 11) is 0. The maximum atomic E-state index is 11.8. The highest BCUT2D eigenvalue weighted by Gasteiger charge is 2.13. The van der Waals surface area contributed by atoms with Gasteiger partial charge in [0.05, 0.1) is 6.61 Å². The molecule has 1 atom stereocenters. The maximum Gasteiger partial charge on any atom is 0.330 e. The molecular formula is C25H44O5. The minimum atomic E-state index is -0.841. The molecule has 5 nitrogen and oxygen atoms in total. The third kappa shape index (κ3) is 19.7. The molecule has 0 bridgehead atoms. The summed E-state index contributed by atoms with van der Waals surface area (Å²) in [6, 6.07) is 0. The third-order valence-electron chi connectivity index (χ3n) is 4.85. The number of unbranched alkanes of at least 4 members (excludes halogenated alkanes) is 12. The molecule has 0 rings (SSSR count). The molecule has 0 aromatic rings. The van der Waals surface area contributed by atoms with Gasteiger partial charge in [0.1, 0.15) is 6.61 Å². The minimum Gasteiger partial charge on any atom is -0.458 e. The fraction of sp³-hybridized carbons (Fsp3) is 0.760. The summed E-state index contributed by atoms with van der Waals surface area (Å²) in [5.74, 6) is -0.996. The highest BCUT2D eigenvalue weighted by Crippen LogP contribution is 2.08. The van der Waals surface area contributed by atoms with Gasteiger partial charge in [-0.3, -0.25) is 0 Å². The van der Waals surface area contributed by atoms with Crippen LogP contribution in [0.4, 0.5) is 0 Å². The fourth-order valence-corrected chi connectivity index (χ4v) is 2.99. The predicted molar refractivity (Wildman–Crippen MR) is 122 cm³/mol. The van der Waals surface area contributed by atoms with E-state index >= 15 is 0 Å². The molecule has 0 aliphatic rings. The van der Waals surface area contributed by atoms with Crippen molar-refractivity contribution in [2.75, 3.05) is 13.2 Å². The van der Waals surface area contributed by atoms with Gasteiger partial charge in [0.25, 0.3) is 0 Å². The summed E-state index contributed by atoms with van der Waals surface area (Å²) in [4.78, 5) is 23.5. The quantitative estimate of drug-likeness (QED) is 0.146. The number of hydrogen-bond acceptors (Lipinski definition) is 5. The van der Waals surface area contributed by atoms with E-state index in [1.54, 1.807) is 6.08 Å². The van der Waals surface area contributed by atoms with Crippen LogP contribution in [0.15, 0.2) is 24.3 Å². The van der Waals surface area contributed by atoms with Gasteiger partial charge in [0.15, 0.2) is 6.10 Å². The van der Waals surface area contributed by atoms with Crippen molar-refractivity contribution in [2.45, 2.75) is 110 Å². The first-order chi connectivity index (χ1) is 14.6. The number of aliphatic hydroxyl groups excluding tert-OH is 1. The lowest BCUT2D eigenvalue weighted by atomic mass is 10.1. The number of allylic oxidation sites excluding steroid dienone is 2. The third-order valence-corrected chi connectivity index (χ3v) is 4.85. The average molecular weight is 425 g/mol. The highest BCUT2D eigenvalue weighted by atomic mass is 16.6. The summed E-state index contributed by atoms with van der Waals surface area (Å²) in [6.45, 7) is 3.87. The van der Waals surface area contributed by atoms with E-state index in [-0.39, 0.29) is 13.2 Å². The Kier molecular flexibility index (Phi) is 20.9. The van der Waals surface area contributed by atoms with Crippen molar-refractivity contribution in [3.63, 3.8) is 0 Å².